The van der Waals surface area contributed by atoms with E-state index >= 15 is 0 Å². The van der Waals surface area contributed by atoms with Gasteiger partial charge in [-0.15, -0.1) is 0 Å². The molecule has 0 unspecified atom stereocenters. The second-order valence-corrected chi connectivity index (χ2v) is 2.61. The van der Waals surface area contributed by atoms with E-state index in [0.717, 1.165) is 12.2 Å². The van der Waals surface area contributed by atoms with Crippen molar-refractivity contribution in [3.8, 4) is 0 Å². The highest BCUT2D eigenvalue weighted by Crippen LogP contribution is 1.98. The van der Waals surface area contributed by atoms with E-state index in [4.69, 9.17) is 5.11 Å². The summed E-state index contributed by atoms with van der Waals surface area (Å²) in [6, 6.07) is 0. The van der Waals surface area contributed by atoms with Gasteiger partial charge in [0.25, 0.3) is 0 Å². The molecule has 3 heteroatoms. The van der Waals surface area contributed by atoms with Crippen molar-refractivity contribution in [2.45, 2.75) is 32.9 Å². The average Bonchev–Trinajstić information content (AvgIpc) is 2.48. The van der Waals surface area contributed by atoms with E-state index in [-0.39, 0.29) is 6.61 Å². The van der Waals surface area contributed by atoms with Gasteiger partial charge in [0, 0.05) is 12.7 Å². The van der Waals surface area contributed by atoms with Gasteiger partial charge in [-0.05, 0) is 6.42 Å². The van der Waals surface area contributed by atoms with Crippen molar-refractivity contribution in [2.24, 2.45) is 0 Å². The summed E-state index contributed by atoms with van der Waals surface area (Å²) in [5.74, 6) is 0. The van der Waals surface area contributed by atoms with Crippen molar-refractivity contribution in [3.05, 3.63) is 18.2 Å². The zero-order valence-corrected chi connectivity index (χ0v) is 6.82. The summed E-state index contributed by atoms with van der Waals surface area (Å²) in [6.45, 7) is 3.20. The summed E-state index contributed by atoms with van der Waals surface area (Å²) >= 11 is 0. The maximum Gasteiger partial charge on any atom is 0.0950 e. The molecule has 0 aliphatic rings. The predicted molar refractivity (Wildman–Crippen MR) is 43.1 cm³/mol. The van der Waals surface area contributed by atoms with Gasteiger partial charge in [-0.25, -0.2) is 4.98 Å². The minimum atomic E-state index is 0.0408. The van der Waals surface area contributed by atoms with Crippen molar-refractivity contribution in [1.29, 1.82) is 0 Å². The number of hydrogen-bond donors (Lipinski definition) is 1. The van der Waals surface area contributed by atoms with Crippen LogP contribution in [0.15, 0.2) is 12.5 Å². The number of nitrogens with zero attached hydrogens (tertiary/aromatic N) is 2. The predicted octanol–water partition coefficient (Wildman–Crippen LogP) is 1.18. The number of aliphatic hydroxyl groups is 1. The standard InChI is InChI=1S/C8H14N2O/c1-2-3-4-10-5-8(6-11)9-7-10/h5,7,11H,2-4,6H2,1H3. The lowest BCUT2D eigenvalue weighted by Crippen LogP contribution is -1.92. The van der Waals surface area contributed by atoms with Gasteiger partial charge in [0.15, 0.2) is 0 Å². The Morgan fingerprint density at radius 2 is 2.45 bits per heavy atom. The number of hydrogen-bond acceptors (Lipinski definition) is 2. The molecular formula is C8H14N2O. The molecule has 0 atom stereocenters. The minimum Gasteiger partial charge on any atom is -0.390 e. The maximum atomic E-state index is 8.70. The molecule has 0 saturated heterocycles. The molecule has 0 amide bonds. The lowest BCUT2D eigenvalue weighted by molar-refractivity contribution is 0.277. The van der Waals surface area contributed by atoms with E-state index in [9.17, 15) is 0 Å². The van der Waals surface area contributed by atoms with Crippen LogP contribution in [0.2, 0.25) is 0 Å². The fraction of sp³-hybridized carbons (Fsp3) is 0.625. The van der Waals surface area contributed by atoms with Crippen LogP contribution in [-0.4, -0.2) is 14.7 Å². The highest BCUT2D eigenvalue weighted by molar-refractivity contribution is 4.93. The van der Waals surface area contributed by atoms with E-state index in [1.54, 1.807) is 6.33 Å². The van der Waals surface area contributed by atoms with Gasteiger partial charge in [-0.1, -0.05) is 13.3 Å². The van der Waals surface area contributed by atoms with Gasteiger partial charge in [0.05, 0.1) is 18.6 Å². The van der Waals surface area contributed by atoms with Crippen LogP contribution in [0.5, 0.6) is 0 Å². The first-order chi connectivity index (χ1) is 5.36. The average molecular weight is 154 g/mol. The Bertz CT molecular complexity index is 208. The molecule has 11 heavy (non-hydrogen) atoms. The minimum absolute atomic E-state index is 0.0408. The fourth-order valence-corrected chi connectivity index (χ4v) is 0.951. The van der Waals surface area contributed by atoms with E-state index in [1.807, 2.05) is 10.8 Å². The Morgan fingerprint density at radius 3 is 3.00 bits per heavy atom. The quantitative estimate of drug-likeness (QED) is 0.707. The number of aryl methyl sites for hydroxylation is 1. The number of rotatable bonds is 4. The van der Waals surface area contributed by atoms with Crippen LogP contribution in [0.3, 0.4) is 0 Å². The zero-order chi connectivity index (χ0) is 8.10. The van der Waals surface area contributed by atoms with Crippen LogP contribution in [0, 0.1) is 0 Å². The summed E-state index contributed by atoms with van der Waals surface area (Å²) in [5, 5.41) is 8.70. The van der Waals surface area contributed by atoms with E-state index in [0.29, 0.717) is 0 Å². The van der Waals surface area contributed by atoms with Crippen molar-refractivity contribution < 1.29 is 5.11 Å². The van der Waals surface area contributed by atoms with Gasteiger partial charge < -0.3 is 9.67 Å². The van der Waals surface area contributed by atoms with E-state index in [1.165, 1.54) is 12.8 Å². The second-order valence-electron chi connectivity index (χ2n) is 2.61. The first kappa shape index (κ1) is 8.27. The summed E-state index contributed by atoms with van der Waals surface area (Å²) in [5.41, 5.74) is 0.751. The normalized spacial score (nSPS) is 10.4. The molecule has 1 aromatic rings. The zero-order valence-electron chi connectivity index (χ0n) is 6.82. The molecular weight excluding hydrogens is 140 g/mol. The topological polar surface area (TPSA) is 38.0 Å². The molecule has 0 aliphatic carbocycles. The lowest BCUT2D eigenvalue weighted by Gasteiger charge is -1.97. The molecule has 0 bridgehead atoms. The highest BCUT2D eigenvalue weighted by Gasteiger charge is 1.94. The van der Waals surface area contributed by atoms with Crippen molar-refractivity contribution in [2.75, 3.05) is 0 Å². The van der Waals surface area contributed by atoms with Crippen LogP contribution in [-0.2, 0) is 13.2 Å². The van der Waals surface area contributed by atoms with Crippen molar-refractivity contribution in [1.82, 2.24) is 9.55 Å². The van der Waals surface area contributed by atoms with Crippen molar-refractivity contribution >= 4 is 0 Å². The van der Waals surface area contributed by atoms with Crippen LogP contribution in [0.25, 0.3) is 0 Å². The summed E-state index contributed by atoms with van der Waals surface area (Å²) in [4.78, 5) is 4.00. The summed E-state index contributed by atoms with van der Waals surface area (Å²) < 4.78 is 2.01. The fourth-order valence-electron chi connectivity index (χ4n) is 0.951. The molecule has 0 aliphatic heterocycles. The Labute approximate surface area is 66.7 Å². The number of unbranched alkanes of at least 4 members (excludes halogenated alkanes) is 1. The monoisotopic (exact) mass is 154 g/mol. The molecule has 1 heterocycles. The number of aliphatic hydroxyl groups excluding tert-OH is 1. The van der Waals surface area contributed by atoms with Gasteiger partial charge in [0.2, 0.25) is 0 Å². The summed E-state index contributed by atoms with van der Waals surface area (Å²) in [7, 11) is 0. The third kappa shape index (κ3) is 2.35. The summed E-state index contributed by atoms with van der Waals surface area (Å²) in [6.07, 6.45) is 6.00. The molecule has 0 fully saturated rings. The van der Waals surface area contributed by atoms with E-state index < -0.39 is 0 Å². The first-order valence-corrected chi connectivity index (χ1v) is 3.98. The van der Waals surface area contributed by atoms with Gasteiger partial charge in [0.1, 0.15) is 0 Å². The molecule has 0 saturated carbocycles. The number of imidazole rings is 1. The van der Waals surface area contributed by atoms with Crippen LogP contribution in [0.4, 0.5) is 0 Å². The molecule has 62 valence electrons. The number of aromatic nitrogens is 2. The Morgan fingerprint density at radius 1 is 1.64 bits per heavy atom. The van der Waals surface area contributed by atoms with Crippen LogP contribution < -0.4 is 0 Å². The van der Waals surface area contributed by atoms with Crippen LogP contribution >= 0.6 is 0 Å². The largest absolute Gasteiger partial charge is 0.390 e. The van der Waals surface area contributed by atoms with E-state index in [2.05, 4.69) is 11.9 Å². The molecule has 1 N–H and O–H groups in total. The molecule has 0 aromatic carbocycles. The third-order valence-electron chi connectivity index (χ3n) is 1.62. The third-order valence-corrected chi connectivity index (χ3v) is 1.62. The van der Waals surface area contributed by atoms with Gasteiger partial charge in [-0.2, -0.15) is 0 Å². The molecule has 1 aromatic heterocycles. The smallest absolute Gasteiger partial charge is 0.0950 e. The van der Waals surface area contributed by atoms with Gasteiger partial charge >= 0.3 is 0 Å². The lowest BCUT2D eigenvalue weighted by atomic mass is 10.3. The molecule has 0 radical (unpaired) electrons. The Balaban J connectivity index is 2.44. The Kier molecular flexibility index (Phi) is 3.11. The molecule has 0 spiro atoms. The van der Waals surface area contributed by atoms with Gasteiger partial charge in [-0.3, -0.25) is 0 Å². The maximum absolute atomic E-state index is 8.70. The highest BCUT2D eigenvalue weighted by atomic mass is 16.3. The van der Waals surface area contributed by atoms with Crippen LogP contribution in [0.1, 0.15) is 25.5 Å². The molecule has 1 rings (SSSR count). The Hall–Kier alpha value is -0.830. The van der Waals surface area contributed by atoms with Crippen molar-refractivity contribution in [3.63, 3.8) is 0 Å². The molecule has 3 nitrogen and oxygen atoms in total. The SMILES string of the molecule is CCCCn1cnc(CO)c1. The first-order valence-electron chi connectivity index (χ1n) is 3.98. The second kappa shape index (κ2) is 4.13.